The van der Waals surface area contributed by atoms with Crippen molar-refractivity contribution in [3.8, 4) is 0 Å². The SMILES string of the molecule is OB(O)c1cnc2c[nH]cc2c1. The van der Waals surface area contributed by atoms with Gasteiger partial charge in [-0.2, -0.15) is 0 Å². The highest BCUT2D eigenvalue weighted by Gasteiger charge is 2.11. The van der Waals surface area contributed by atoms with E-state index in [4.69, 9.17) is 10.0 Å². The second kappa shape index (κ2) is 2.62. The quantitative estimate of drug-likeness (QED) is 0.483. The Labute approximate surface area is 69.0 Å². The summed E-state index contributed by atoms with van der Waals surface area (Å²) in [4.78, 5) is 6.89. The van der Waals surface area contributed by atoms with Crippen LogP contribution in [0.2, 0.25) is 0 Å². The molecule has 12 heavy (non-hydrogen) atoms. The number of rotatable bonds is 1. The van der Waals surface area contributed by atoms with Crippen molar-refractivity contribution in [2.24, 2.45) is 0 Å². The molecule has 0 aliphatic rings. The van der Waals surface area contributed by atoms with Gasteiger partial charge in [0, 0.05) is 29.4 Å². The van der Waals surface area contributed by atoms with E-state index in [1.807, 2.05) is 0 Å². The molecular formula is C7H7BN2O2. The van der Waals surface area contributed by atoms with E-state index in [0.29, 0.717) is 5.46 Å². The van der Waals surface area contributed by atoms with Gasteiger partial charge in [0.05, 0.1) is 5.52 Å². The van der Waals surface area contributed by atoms with Crippen molar-refractivity contribution in [2.75, 3.05) is 0 Å². The average molecular weight is 162 g/mol. The van der Waals surface area contributed by atoms with Crippen LogP contribution in [0.5, 0.6) is 0 Å². The number of hydrogen-bond acceptors (Lipinski definition) is 3. The summed E-state index contributed by atoms with van der Waals surface area (Å²) in [6.45, 7) is 0. The molecule has 0 spiro atoms. The Morgan fingerprint density at radius 3 is 2.92 bits per heavy atom. The molecule has 0 unspecified atom stereocenters. The molecule has 0 saturated heterocycles. The Morgan fingerprint density at radius 1 is 1.33 bits per heavy atom. The van der Waals surface area contributed by atoms with Crippen LogP contribution in [0.15, 0.2) is 24.7 Å². The predicted octanol–water partition coefficient (Wildman–Crippen LogP) is -0.757. The first-order valence-electron chi connectivity index (χ1n) is 3.56. The van der Waals surface area contributed by atoms with Crippen molar-refractivity contribution >= 4 is 23.5 Å². The zero-order chi connectivity index (χ0) is 8.55. The smallest absolute Gasteiger partial charge is 0.423 e. The van der Waals surface area contributed by atoms with Gasteiger partial charge >= 0.3 is 7.12 Å². The summed E-state index contributed by atoms with van der Waals surface area (Å²) in [7, 11) is -1.45. The fraction of sp³-hybridized carbons (Fsp3) is 0. The number of nitrogens with one attached hydrogen (secondary N) is 1. The molecule has 3 N–H and O–H groups in total. The van der Waals surface area contributed by atoms with E-state index in [2.05, 4.69) is 9.97 Å². The maximum absolute atomic E-state index is 8.83. The number of nitrogens with zero attached hydrogens (tertiary/aromatic N) is 1. The van der Waals surface area contributed by atoms with E-state index in [1.165, 1.54) is 6.20 Å². The molecular weight excluding hydrogens is 155 g/mol. The fourth-order valence-corrected chi connectivity index (χ4v) is 1.10. The predicted molar refractivity (Wildman–Crippen MR) is 45.9 cm³/mol. The van der Waals surface area contributed by atoms with E-state index in [-0.39, 0.29) is 0 Å². The molecule has 0 bridgehead atoms. The van der Waals surface area contributed by atoms with E-state index >= 15 is 0 Å². The maximum atomic E-state index is 8.83. The lowest BCUT2D eigenvalue weighted by Crippen LogP contribution is -2.29. The summed E-state index contributed by atoms with van der Waals surface area (Å²) in [6, 6.07) is 1.68. The Bertz CT molecular complexity index is 399. The number of hydrogen-bond donors (Lipinski definition) is 3. The molecule has 0 atom stereocenters. The highest BCUT2D eigenvalue weighted by molar-refractivity contribution is 6.58. The van der Waals surface area contributed by atoms with Crippen molar-refractivity contribution in [1.82, 2.24) is 9.97 Å². The summed E-state index contributed by atoms with van der Waals surface area (Å²) < 4.78 is 0. The zero-order valence-electron chi connectivity index (χ0n) is 6.23. The molecule has 5 heteroatoms. The molecule has 60 valence electrons. The third-order valence-electron chi connectivity index (χ3n) is 1.73. The van der Waals surface area contributed by atoms with Crippen LogP contribution < -0.4 is 5.46 Å². The number of aromatic amines is 1. The molecule has 0 aromatic carbocycles. The summed E-state index contributed by atoms with van der Waals surface area (Å²) in [5.41, 5.74) is 1.22. The van der Waals surface area contributed by atoms with Gasteiger partial charge < -0.3 is 15.0 Å². The minimum Gasteiger partial charge on any atom is -0.423 e. The summed E-state index contributed by atoms with van der Waals surface area (Å²) in [5, 5.41) is 18.5. The van der Waals surface area contributed by atoms with Crippen LogP contribution in [0.1, 0.15) is 0 Å². The minimum atomic E-state index is -1.45. The number of fused-ring (bicyclic) bond motifs is 1. The van der Waals surface area contributed by atoms with Crippen molar-refractivity contribution in [1.29, 1.82) is 0 Å². The van der Waals surface area contributed by atoms with Crippen LogP contribution in [0, 0.1) is 0 Å². The highest BCUT2D eigenvalue weighted by atomic mass is 16.4. The lowest BCUT2D eigenvalue weighted by Gasteiger charge is -1.96. The molecule has 2 rings (SSSR count). The van der Waals surface area contributed by atoms with Gasteiger partial charge in [0.15, 0.2) is 0 Å². The van der Waals surface area contributed by atoms with Crippen molar-refractivity contribution in [3.05, 3.63) is 24.7 Å². The molecule has 0 aliphatic carbocycles. The molecule has 0 aliphatic heterocycles. The number of H-pyrrole nitrogens is 1. The van der Waals surface area contributed by atoms with Crippen LogP contribution >= 0.6 is 0 Å². The second-order valence-electron chi connectivity index (χ2n) is 2.57. The Morgan fingerprint density at radius 2 is 2.17 bits per heavy atom. The standard InChI is InChI=1S/C7H7BN2O2/c11-8(12)6-1-5-2-9-4-7(5)10-3-6/h1-4,9,11-12H. The van der Waals surface area contributed by atoms with Gasteiger partial charge in [0.25, 0.3) is 0 Å². The summed E-state index contributed by atoms with van der Waals surface area (Å²) in [5.74, 6) is 0. The molecule has 0 saturated carbocycles. The highest BCUT2D eigenvalue weighted by Crippen LogP contribution is 2.06. The summed E-state index contributed by atoms with van der Waals surface area (Å²) in [6.07, 6.45) is 4.96. The topological polar surface area (TPSA) is 69.1 Å². The lowest BCUT2D eigenvalue weighted by molar-refractivity contribution is 0.425. The lowest BCUT2D eigenvalue weighted by atomic mass is 9.81. The van der Waals surface area contributed by atoms with Crippen LogP contribution in [0.4, 0.5) is 0 Å². The van der Waals surface area contributed by atoms with Crippen LogP contribution in [-0.4, -0.2) is 27.1 Å². The number of pyridine rings is 1. The van der Waals surface area contributed by atoms with E-state index in [1.54, 1.807) is 18.5 Å². The third kappa shape index (κ3) is 1.09. The van der Waals surface area contributed by atoms with Crippen molar-refractivity contribution < 1.29 is 10.0 Å². The molecule has 0 amide bonds. The van der Waals surface area contributed by atoms with Gasteiger partial charge in [-0.05, 0) is 6.07 Å². The second-order valence-corrected chi connectivity index (χ2v) is 2.57. The maximum Gasteiger partial charge on any atom is 0.490 e. The molecule has 2 aromatic rings. The van der Waals surface area contributed by atoms with Gasteiger partial charge in [0.2, 0.25) is 0 Å². The molecule has 4 nitrogen and oxygen atoms in total. The average Bonchev–Trinajstić information content (AvgIpc) is 2.49. The van der Waals surface area contributed by atoms with Crippen molar-refractivity contribution in [2.45, 2.75) is 0 Å². The first kappa shape index (κ1) is 7.33. The molecule has 2 aromatic heterocycles. The first-order chi connectivity index (χ1) is 5.77. The fourth-order valence-electron chi connectivity index (χ4n) is 1.10. The molecule has 0 radical (unpaired) electrons. The Balaban J connectivity index is 2.60. The Kier molecular flexibility index (Phi) is 1.60. The molecule has 0 fully saturated rings. The monoisotopic (exact) mass is 162 g/mol. The number of aromatic nitrogens is 2. The summed E-state index contributed by atoms with van der Waals surface area (Å²) >= 11 is 0. The van der Waals surface area contributed by atoms with Gasteiger partial charge in [-0.15, -0.1) is 0 Å². The van der Waals surface area contributed by atoms with Crippen LogP contribution in [0.3, 0.4) is 0 Å². The van der Waals surface area contributed by atoms with E-state index in [0.717, 1.165) is 10.9 Å². The zero-order valence-corrected chi connectivity index (χ0v) is 6.23. The van der Waals surface area contributed by atoms with Crippen LogP contribution in [-0.2, 0) is 0 Å². The minimum absolute atomic E-state index is 0.405. The van der Waals surface area contributed by atoms with Gasteiger partial charge in [0.1, 0.15) is 0 Å². The largest absolute Gasteiger partial charge is 0.490 e. The van der Waals surface area contributed by atoms with Gasteiger partial charge in [-0.25, -0.2) is 0 Å². The van der Waals surface area contributed by atoms with Crippen molar-refractivity contribution in [3.63, 3.8) is 0 Å². The van der Waals surface area contributed by atoms with Crippen LogP contribution in [0.25, 0.3) is 10.9 Å². The third-order valence-corrected chi connectivity index (χ3v) is 1.73. The van der Waals surface area contributed by atoms with Gasteiger partial charge in [-0.1, -0.05) is 0 Å². The van der Waals surface area contributed by atoms with E-state index < -0.39 is 7.12 Å². The van der Waals surface area contributed by atoms with E-state index in [9.17, 15) is 0 Å². The Hall–Kier alpha value is -1.33. The van der Waals surface area contributed by atoms with Gasteiger partial charge in [-0.3, -0.25) is 4.98 Å². The molecule has 2 heterocycles. The first-order valence-corrected chi connectivity index (χ1v) is 3.56. The normalized spacial score (nSPS) is 10.5.